The Balaban J connectivity index is 4.09. The molecule has 0 N–H and O–H groups in total. The van der Waals surface area contributed by atoms with E-state index in [1.165, 1.54) is 218 Å². The van der Waals surface area contributed by atoms with Gasteiger partial charge in [0, 0.05) is 12.8 Å². The van der Waals surface area contributed by atoms with Crippen molar-refractivity contribution in [2.45, 2.75) is 347 Å². The summed E-state index contributed by atoms with van der Waals surface area (Å²) in [5, 5.41) is 11.8. The molecule has 0 bridgehead atoms. The van der Waals surface area contributed by atoms with Crippen LogP contribution in [0.15, 0.2) is 72.9 Å². The minimum Gasteiger partial charge on any atom is -0.545 e. The number of carbonyl (C=O) groups excluding carboxylic acids is 3. The van der Waals surface area contributed by atoms with Crippen LogP contribution in [0.25, 0.3) is 0 Å². The zero-order valence-corrected chi connectivity index (χ0v) is 56.5. The molecule has 0 amide bonds. The Labute approximate surface area is 526 Å². The number of hydrogen-bond acceptors (Lipinski definition) is 8. The maximum Gasteiger partial charge on any atom is 0.306 e. The molecule has 85 heavy (non-hydrogen) atoms. The number of quaternary nitrogens is 1. The van der Waals surface area contributed by atoms with Gasteiger partial charge in [0.2, 0.25) is 0 Å². The first-order chi connectivity index (χ1) is 41.6. The lowest BCUT2D eigenvalue weighted by atomic mass is 10.0. The van der Waals surface area contributed by atoms with E-state index in [1.807, 2.05) is 21.1 Å². The van der Waals surface area contributed by atoms with Gasteiger partial charge < -0.3 is 33.3 Å². The van der Waals surface area contributed by atoms with E-state index < -0.39 is 24.3 Å². The normalized spacial score (nSPS) is 13.1. The third kappa shape index (κ3) is 68.1. The van der Waals surface area contributed by atoms with Gasteiger partial charge in [-0.25, -0.2) is 0 Å². The summed E-state index contributed by atoms with van der Waals surface area (Å²) in [7, 11) is 5.94. The van der Waals surface area contributed by atoms with Crippen LogP contribution in [0.5, 0.6) is 0 Å². The molecule has 0 saturated carbocycles. The van der Waals surface area contributed by atoms with E-state index in [0.29, 0.717) is 23.9 Å². The zero-order valence-electron chi connectivity index (χ0n) is 56.5. The molecule has 0 aromatic rings. The molecule has 0 aliphatic heterocycles. The van der Waals surface area contributed by atoms with Crippen molar-refractivity contribution in [3.05, 3.63) is 72.9 Å². The molecule has 0 aromatic carbocycles. The van der Waals surface area contributed by atoms with E-state index >= 15 is 0 Å². The second kappa shape index (κ2) is 66.7. The third-order valence-corrected chi connectivity index (χ3v) is 16.0. The Hall–Kier alpha value is -3.27. The predicted molar refractivity (Wildman–Crippen MR) is 361 cm³/mol. The molecule has 0 saturated heterocycles. The molecule has 0 radical (unpaired) electrons. The summed E-state index contributed by atoms with van der Waals surface area (Å²) in [4.78, 5) is 37.5. The van der Waals surface area contributed by atoms with E-state index in [1.54, 1.807) is 0 Å². The van der Waals surface area contributed by atoms with E-state index in [4.69, 9.17) is 18.9 Å². The molecule has 0 rings (SSSR count). The monoisotopic (exact) mass is 1190 g/mol. The quantitative estimate of drug-likeness (QED) is 0.0195. The van der Waals surface area contributed by atoms with Crippen LogP contribution in [0.3, 0.4) is 0 Å². The maximum absolute atomic E-state index is 12.9. The van der Waals surface area contributed by atoms with Crippen molar-refractivity contribution >= 4 is 17.9 Å². The van der Waals surface area contributed by atoms with Crippen LogP contribution in [0.4, 0.5) is 0 Å². The van der Waals surface area contributed by atoms with Gasteiger partial charge in [-0.15, -0.1) is 0 Å². The van der Waals surface area contributed by atoms with Gasteiger partial charge in [0.15, 0.2) is 12.4 Å². The predicted octanol–water partition coefficient (Wildman–Crippen LogP) is 21.1. The van der Waals surface area contributed by atoms with Crippen LogP contribution in [0, 0.1) is 0 Å². The second-order valence-corrected chi connectivity index (χ2v) is 25.5. The fraction of sp³-hybridized carbons (Fsp3) is 0.803. The molecule has 0 fully saturated rings. The van der Waals surface area contributed by atoms with Crippen LogP contribution in [0.1, 0.15) is 335 Å². The first kappa shape index (κ1) is 81.7. The van der Waals surface area contributed by atoms with Gasteiger partial charge in [0.1, 0.15) is 13.2 Å². The van der Waals surface area contributed by atoms with E-state index in [0.717, 1.165) is 83.5 Å². The molecular weight excluding hydrogens is 1050 g/mol. The Morgan fingerprint density at radius 1 is 0.365 bits per heavy atom. The molecular formula is C76H137NO8. The maximum atomic E-state index is 12.9. The SMILES string of the molecule is CC/C=C\C/C=C\C/C=C\C/C=C\C/C=C\C/C=C\CCCCCCCCCCCCC(=O)OC(COC(=O)CCCCCCCCCCCCCCCCCCCCCCCCCCCCCCCCC)COC(OCC[N+](C)(C)C)C(=O)[O-]. The summed E-state index contributed by atoms with van der Waals surface area (Å²) >= 11 is 0. The Bertz CT molecular complexity index is 1620. The molecule has 0 aromatic heterocycles. The molecule has 494 valence electrons. The number of carbonyl (C=O) groups is 3. The van der Waals surface area contributed by atoms with Crippen molar-refractivity contribution in [1.29, 1.82) is 0 Å². The first-order valence-electron chi connectivity index (χ1n) is 36.1. The number of likely N-dealkylation sites (N-methyl/N-ethyl adjacent to an activating group) is 1. The smallest absolute Gasteiger partial charge is 0.306 e. The number of hydrogen-bond donors (Lipinski definition) is 0. The van der Waals surface area contributed by atoms with Gasteiger partial charge in [0.05, 0.1) is 40.3 Å². The van der Waals surface area contributed by atoms with Crippen LogP contribution in [-0.4, -0.2) is 82.3 Å². The van der Waals surface area contributed by atoms with Crippen molar-refractivity contribution in [1.82, 2.24) is 0 Å². The minimum atomic E-state index is -1.63. The first-order valence-corrected chi connectivity index (χ1v) is 36.1. The Morgan fingerprint density at radius 3 is 1.00 bits per heavy atom. The highest BCUT2D eigenvalue weighted by molar-refractivity contribution is 5.70. The van der Waals surface area contributed by atoms with Crippen molar-refractivity contribution in [3.8, 4) is 0 Å². The number of ether oxygens (including phenoxy) is 4. The number of esters is 2. The number of carboxylic acids is 1. The molecule has 2 atom stereocenters. The molecule has 9 nitrogen and oxygen atoms in total. The van der Waals surface area contributed by atoms with Gasteiger partial charge in [-0.2, -0.15) is 0 Å². The van der Waals surface area contributed by atoms with Gasteiger partial charge in [-0.3, -0.25) is 9.59 Å². The van der Waals surface area contributed by atoms with Gasteiger partial charge >= 0.3 is 11.9 Å². The van der Waals surface area contributed by atoms with Crippen LogP contribution >= 0.6 is 0 Å². The summed E-state index contributed by atoms with van der Waals surface area (Å²) in [5.41, 5.74) is 0. The van der Waals surface area contributed by atoms with Crippen molar-refractivity contribution in [2.24, 2.45) is 0 Å². The fourth-order valence-corrected chi connectivity index (χ4v) is 10.5. The summed E-state index contributed by atoms with van der Waals surface area (Å²) in [5.74, 6) is -2.27. The largest absolute Gasteiger partial charge is 0.545 e. The van der Waals surface area contributed by atoms with Gasteiger partial charge in [-0.1, -0.05) is 331 Å². The number of nitrogens with zero attached hydrogens (tertiary/aromatic N) is 1. The topological polar surface area (TPSA) is 111 Å². The summed E-state index contributed by atoms with van der Waals surface area (Å²) in [6.07, 6.45) is 85.7. The minimum absolute atomic E-state index is 0.146. The summed E-state index contributed by atoms with van der Waals surface area (Å²) in [6, 6.07) is 0. The molecule has 0 spiro atoms. The number of aliphatic carboxylic acids is 1. The summed E-state index contributed by atoms with van der Waals surface area (Å²) < 4.78 is 22.8. The molecule has 0 heterocycles. The number of allylic oxidation sites excluding steroid dienone is 12. The van der Waals surface area contributed by atoms with Gasteiger partial charge in [0.25, 0.3) is 0 Å². The second-order valence-electron chi connectivity index (χ2n) is 25.5. The highest BCUT2D eigenvalue weighted by Crippen LogP contribution is 2.19. The number of unbranched alkanes of at least 4 members (excludes halogenated alkanes) is 40. The average molecular weight is 1190 g/mol. The highest BCUT2D eigenvalue weighted by Gasteiger charge is 2.22. The van der Waals surface area contributed by atoms with Crippen LogP contribution < -0.4 is 5.11 Å². The third-order valence-electron chi connectivity index (χ3n) is 16.0. The Morgan fingerprint density at radius 2 is 0.671 bits per heavy atom. The van der Waals surface area contributed by atoms with Gasteiger partial charge in [-0.05, 0) is 64.2 Å². The standard InChI is InChI=1S/C76H137NO8/c1-6-8-10-12-14-16-18-20-22-24-26-28-30-32-34-36-37-39-40-42-44-46-48-50-52-54-56-58-60-62-64-66-73(78)83-70-72(71-84-76(75(80)81)82-69-68-77(3,4)5)85-74(79)67-65-63-61-59-57-55-53-51-49-47-45-43-41-38-35-33-31-29-27-25-23-21-19-17-15-13-11-9-7-2/h9,11,15,17,21,23,27,29,33,35,41,43,72,76H,6-8,10,12-14,16,18-20,22,24-26,28,30-32,34,36-40,42,44-71H2,1-5H3/b11-9-,17-15-,23-21-,29-27-,35-33-,43-41-. The molecule has 2 unspecified atom stereocenters. The van der Waals surface area contributed by atoms with Crippen molar-refractivity contribution < 1.29 is 42.9 Å². The van der Waals surface area contributed by atoms with E-state index in [2.05, 4.69) is 86.8 Å². The van der Waals surface area contributed by atoms with Crippen molar-refractivity contribution in [3.63, 3.8) is 0 Å². The molecule has 0 aliphatic carbocycles. The summed E-state index contributed by atoms with van der Waals surface area (Å²) in [6.45, 7) is 4.68. The van der Waals surface area contributed by atoms with Crippen LogP contribution in [-0.2, 0) is 33.3 Å². The lowest BCUT2D eigenvalue weighted by molar-refractivity contribution is -0.870. The fourth-order valence-electron chi connectivity index (χ4n) is 10.5. The van der Waals surface area contributed by atoms with Crippen LogP contribution in [0.2, 0.25) is 0 Å². The molecule has 9 heteroatoms. The average Bonchev–Trinajstić information content (AvgIpc) is 3.48. The lowest BCUT2D eigenvalue weighted by Crippen LogP contribution is -2.44. The number of carboxylic acid groups (broad SMARTS) is 1. The van der Waals surface area contributed by atoms with E-state index in [-0.39, 0.29) is 32.2 Å². The van der Waals surface area contributed by atoms with E-state index in [9.17, 15) is 19.5 Å². The zero-order chi connectivity index (χ0) is 61.9. The lowest BCUT2D eigenvalue weighted by Gasteiger charge is -2.26. The molecule has 0 aliphatic rings. The highest BCUT2D eigenvalue weighted by atomic mass is 16.7. The van der Waals surface area contributed by atoms with Crippen molar-refractivity contribution in [2.75, 3.05) is 47.5 Å². The number of rotatable bonds is 67. The Kier molecular flexibility index (Phi) is 64.1.